The van der Waals surface area contributed by atoms with E-state index in [1.54, 1.807) is 49.7 Å². The molecule has 2 N–H and O–H groups in total. The summed E-state index contributed by atoms with van der Waals surface area (Å²) in [5.41, 5.74) is 9.63. The Morgan fingerprint density at radius 2 is 1.81 bits per heavy atom. The Hall–Kier alpha value is -3.83. The van der Waals surface area contributed by atoms with Gasteiger partial charge in [-0.05, 0) is 43.7 Å². The highest BCUT2D eigenvalue weighted by molar-refractivity contribution is 5.81. The van der Waals surface area contributed by atoms with Crippen molar-refractivity contribution in [3.8, 4) is 17.2 Å². The third-order valence-electron chi connectivity index (χ3n) is 5.51. The number of benzene rings is 2. The first-order chi connectivity index (χ1) is 14.7. The number of nitriles is 1. The fourth-order valence-corrected chi connectivity index (χ4v) is 3.97. The van der Waals surface area contributed by atoms with Gasteiger partial charge in [-0.1, -0.05) is 12.1 Å². The molecular weight excluding hydrogens is 400 g/mol. The first kappa shape index (κ1) is 20.4. The maximum absolute atomic E-state index is 14.6. The molecule has 4 rings (SSSR count). The van der Waals surface area contributed by atoms with Crippen molar-refractivity contribution in [3.63, 3.8) is 0 Å². The van der Waals surface area contributed by atoms with Crippen molar-refractivity contribution in [2.24, 2.45) is 12.8 Å². The summed E-state index contributed by atoms with van der Waals surface area (Å²) in [7, 11) is 1.73. The Balaban J connectivity index is 2.02. The number of halogens is 2. The molecule has 2 aromatic heterocycles. The van der Waals surface area contributed by atoms with Gasteiger partial charge in [0.25, 0.3) is 5.56 Å². The Labute approximate surface area is 176 Å². The van der Waals surface area contributed by atoms with Gasteiger partial charge >= 0.3 is 0 Å². The Kier molecular flexibility index (Phi) is 4.91. The highest BCUT2D eigenvalue weighted by Crippen LogP contribution is 2.32. The maximum Gasteiger partial charge on any atom is 0.277 e. The monoisotopic (exact) mass is 419 g/mol. The fourth-order valence-electron chi connectivity index (χ4n) is 3.97. The van der Waals surface area contributed by atoms with Crippen molar-refractivity contribution in [1.29, 1.82) is 5.26 Å². The predicted octanol–water partition coefficient (Wildman–Crippen LogP) is 3.51. The minimum absolute atomic E-state index is 0.144. The van der Waals surface area contributed by atoms with Crippen LogP contribution in [0.5, 0.6) is 0 Å². The summed E-state index contributed by atoms with van der Waals surface area (Å²) in [6.45, 7) is 3.33. The van der Waals surface area contributed by atoms with Gasteiger partial charge in [0.2, 0.25) is 0 Å². The predicted molar refractivity (Wildman–Crippen MR) is 112 cm³/mol. The lowest BCUT2D eigenvalue weighted by Gasteiger charge is -2.21. The number of fused-ring (bicyclic) bond motifs is 1. The highest BCUT2D eigenvalue weighted by Gasteiger charge is 2.25. The van der Waals surface area contributed by atoms with Crippen LogP contribution >= 0.6 is 0 Å². The topological polar surface area (TPSA) is 89.1 Å². The molecule has 4 aromatic rings. The van der Waals surface area contributed by atoms with Crippen molar-refractivity contribution < 1.29 is 8.78 Å². The van der Waals surface area contributed by atoms with Crippen LogP contribution in [0.1, 0.15) is 34.1 Å². The first-order valence-corrected chi connectivity index (χ1v) is 9.54. The summed E-state index contributed by atoms with van der Waals surface area (Å²) in [6.07, 6.45) is 0. The summed E-state index contributed by atoms with van der Waals surface area (Å²) in [6, 6.07) is 11.5. The molecule has 0 fully saturated rings. The van der Waals surface area contributed by atoms with Crippen LogP contribution in [0.4, 0.5) is 8.78 Å². The van der Waals surface area contributed by atoms with Crippen molar-refractivity contribution in [2.75, 3.05) is 0 Å². The maximum atomic E-state index is 14.6. The molecule has 156 valence electrons. The Morgan fingerprint density at radius 1 is 1.13 bits per heavy atom. The quantitative estimate of drug-likeness (QED) is 0.550. The molecule has 0 spiro atoms. The van der Waals surface area contributed by atoms with Crippen molar-refractivity contribution in [1.82, 2.24) is 14.2 Å². The van der Waals surface area contributed by atoms with Crippen molar-refractivity contribution in [3.05, 3.63) is 92.5 Å². The van der Waals surface area contributed by atoms with Crippen LogP contribution in [0.3, 0.4) is 0 Å². The average molecular weight is 419 g/mol. The minimum Gasteiger partial charge on any atom is -0.330 e. The summed E-state index contributed by atoms with van der Waals surface area (Å²) >= 11 is 0. The smallest absolute Gasteiger partial charge is 0.277 e. The van der Waals surface area contributed by atoms with E-state index >= 15 is 0 Å². The second-order valence-corrected chi connectivity index (χ2v) is 7.41. The molecule has 1 unspecified atom stereocenters. The molecular formula is C23H19F2N5O. The van der Waals surface area contributed by atoms with Crippen molar-refractivity contribution in [2.45, 2.75) is 19.9 Å². The standard InChI is InChI=1S/C23H19F2N5O/c1-12-21(20(27)15-6-4-14(11-26)5-7-15)29(3)22-19(13(2)28-30(22)23(12)31)17-9-8-16(24)10-18(17)25/h4-10,20H,27H2,1-3H3. The highest BCUT2D eigenvalue weighted by atomic mass is 19.1. The molecule has 8 heteroatoms. The third-order valence-corrected chi connectivity index (χ3v) is 5.51. The number of hydrogen-bond donors (Lipinski definition) is 1. The minimum atomic E-state index is -0.746. The van der Waals surface area contributed by atoms with E-state index in [1.807, 2.05) is 0 Å². The van der Waals surface area contributed by atoms with Gasteiger partial charge in [0, 0.05) is 29.9 Å². The molecule has 2 aromatic carbocycles. The van der Waals surface area contributed by atoms with Crippen LogP contribution in [-0.4, -0.2) is 14.2 Å². The summed E-state index contributed by atoms with van der Waals surface area (Å²) in [4.78, 5) is 13.1. The molecule has 0 bridgehead atoms. The second kappa shape index (κ2) is 7.45. The van der Waals surface area contributed by atoms with E-state index in [4.69, 9.17) is 11.0 Å². The van der Waals surface area contributed by atoms with E-state index in [1.165, 1.54) is 10.6 Å². The molecule has 0 aliphatic heterocycles. The van der Waals surface area contributed by atoms with Gasteiger partial charge in [-0.3, -0.25) is 4.79 Å². The molecule has 6 nitrogen and oxygen atoms in total. The molecule has 1 atom stereocenters. The summed E-state index contributed by atoms with van der Waals surface area (Å²) < 4.78 is 31.0. The van der Waals surface area contributed by atoms with Crippen LogP contribution in [0.25, 0.3) is 16.8 Å². The lowest BCUT2D eigenvalue weighted by Crippen LogP contribution is -2.28. The Bertz CT molecular complexity index is 1430. The van der Waals surface area contributed by atoms with Gasteiger partial charge in [0.15, 0.2) is 0 Å². The molecule has 0 saturated heterocycles. The molecule has 0 amide bonds. The second-order valence-electron chi connectivity index (χ2n) is 7.41. The third kappa shape index (κ3) is 3.20. The van der Waals surface area contributed by atoms with Gasteiger partial charge in [-0.15, -0.1) is 0 Å². The number of aryl methyl sites for hydroxylation is 2. The molecule has 0 radical (unpaired) electrons. The zero-order chi connectivity index (χ0) is 22.4. The van der Waals surface area contributed by atoms with Crippen LogP contribution < -0.4 is 11.3 Å². The largest absolute Gasteiger partial charge is 0.330 e. The van der Waals surface area contributed by atoms with Gasteiger partial charge < -0.3 is 10.3 Å². The van der Waals surface area contributed by atoms with Gasteiger partial charge in [0.1, 0.15) is 17.3 Å². The number of nitrogens with two attached hydrogens (primary N) is 1. The zero-order valence-corrected chi connectivity index (χ0v) is 17.1. The van der Waals surface area contributed by atoms with Gasteiger partial charge in [-0.25, -0.2) is 8.78 Å². The van der Waals surface area contributed by atoms with E-state index in [9.17, 15) is 13.6 Å². The number of hydrogen-bond acceptors (Lipinski definition) is 4. The Morgan fingerprint density at radius 3 is 2.42 bits per heavy atom. The molecule has 0 aliphatic carbocycles. The molecule has 0 aliphatic rings. The zero-order valence-electron chi connectivity index (χ0n) is 17.1. The number of aromatic nitrogens is 3. The van der Waals surface area contributed by atoms with E-state index in [2.05, 4.69) is 11.2 Å². The SMILES string of the molecule is Cc1nn2c(=O)c(C)c(C(N)c3ccc(C#N)cc3)n(C)c2c1-c1ccc(F)cc1F. The van der Waals surface area contributed by atoms with E-state index in [-0.39, 0.29) is 11.1 Å². The first-order valence-electron chi connectivity index (χ1n) is 9.54. The molecule has 2 heterocycles. The van der Waals surface area contributed by atoms with Crippen LogP contribution in [0.2, 0.25) is 0 Å². The molecule has 0 saturated carbocycles. The van der Waals surface area contributed by atoms with E-state index in [0.717, 1.165) is 12.1 Å². The fraction of sp³-hybridized carbons (Fsp3) is 0.174. The number of rotatable bonds is 3. The molecule has 31 heavy (non-hydrogen) atoms. The lowest BCUT2D eigenvalue weighted by atomic mass is 9.99. The van der Waals surface area contributed by atoms with Crippen LogP contribution in [-0.2, 0) is 7.05 Å². The van der Waals surface area contributed by atoms with Crippen LogP contribution in [0, 0.1) is 36.8 Å². The summed E-state index contributed by atoms with van der Waals surface area (Å²) in [5.74, 6) is -1.44. The van der Waals surface area contributed by atoms with Crippen LogP contribution in [0.15, 0.2) is 47.3 Å². The normalized spacial score (nSPS) is 12.2. The lowest BCUT2D eigenvalue weighted by molar-refractivity contribution is 0.585. The van der Waals surface area contributed by atoms with Gasteiger partial charge in [0.05, 0.1) is 28.9 Å². The van der Waals surface area contributed by atoms with Crippen molar-refractivity contribution >= 4 is 5.65 Å². The van der Waals surface area contributed by atoms with E-state index < -0.39 is 17.7 Å². The average Bonchev–Trinajstić information content (AvgIpc) is 3.09. The van der Waals surface area contributed by atoms with E-state index in [0.29, 0.717) is 39.3 Å². The van der Waals surface area contributed by atoms with Gasteiger partial charge in [-0.2, -0.15) is 14.9 Å². The number of nitrogens with zero attached hydrogens (tertiary/aromatic N) is 4. The summed E-state index contributed by atoms with van der Waals surface area (Å²) in [5, 5.41) is 13.3.